The number of hydrogen-bond donors (Lipinski definition) is 3. The number of rotatable bonds is 6. The number of aromatic amines is 1. The molecule has 0 spiro atoms. The lowest BCUT2D eigenvalue weighted by atomic mass is 10.0. The number of piperidine rings is 1. The molecule has 5 heterocycles. The van der Waals surface area contributed by atoms with Crippen LogP contribution in [0.5, 0.6) is 0 Å². The second-order valence-corrected chi connectivity index (χ2v) is 10.3. The number of hydrogen-bond acceptors (Lipinski definition) is 6. The number of halogens is 1. The van der Waals surface area contributed by atoms with Gasteiger partial charge in [0.15, 0.2) is 0 Å². The van der Waals surface area contributed by atoms with Crippen LogP contribution in [0, 0.1) is 11.2 Å². The molecule has 0 amide bonds. The Bertz CT molecular complexity index is 1530. The number of likely N-dealkylation sites (tertiary alicyclic amines) is 1. The maximum Gasteiger partial charge on any atom is 0.130 e. The van der Waals surface area contributed by atoms with Gasteiger partial charge >= 0.3 is 0 Å². The highest BCUT2D eigenvalue weighted by atomic mass is 19.1. The van der Waals surface area contributed by atoms with Crippen LogP contribution < -0.4 is 4.90 Å². The number of pyridine rings is 2. The number of H-pyrrole nitrogens is 1. The topological polar surface area (TPSA) is 105 Å². The molecule has 0 saturated carbocycles. The van der Waals surface area contributed by atoms with E-state index in [1.165, 1.54) is 6.07 Å². The number of anilines is 1. The van der Waals surface area contributed by atoms with Crippen molar-refractivity contribution in [2.75, 3.05) is 24.5 Å². The molecule has 3 aromatic heterocycles. The Morgan fingerprint density at radius 2 is 1.82 bits per heavy atom. The van der Waals surface area contributed by atoms with Crippen molar-refractivity contribution in [2.45, 2.75) is 37.8 Å². The molecule has 4 aromatic rings. The van der Waals surface area contributed by atoms with Crippen LogP contribution in [0.3, 0.4) is 0 Å². The summed E-state index contributed by atoms with van der Waals surface area (Å²) in [4.78, 5) is 21.4. The number of imidazole rings is 1. The number of aromatic nitrogens is 4. The standard InChI is InChI=1S/C31H32FN7O/c32-23-5-1-4-22(18-23)28-8-3-15-39(28)29(33)9-10-30-35-20-27(37-30)26-7-2-6-25(36-26)21-11-14-34-31(19-21)38-16-12-24(40)13-17-38/h1-2,4-7,9-11,14,18-20,24,28,33,40H,3,8,12-13,15-17H2,(H,35,37). The summed E-state index contributed by atoms with van der Waals surface area (Å²) in [5.74, 6) is 1.65. The highest BCUT2D eigenvalue weighted by molar-refractivity contribution is 5.94. The molecule has 0 bridgehead atoms. The molecule has 1 unspecified atom stereocenters. The van der Waals surface area contributed by atoms with E-state index in [0.717, 1.165) is 79.3 Å². The minimum absolute atomic E-state index is 0.00200. The molecular formula is C31H32FN7O. The van der Waals surface area contributed by atoms with Gasteiger partial charge in [0.05, 0.1) is 35.4 Å². The lowest BCUT2D eigenvalue weighted by Crippen LogP contribution is -2.36. The zero-order valence-electron chi connectivity index (χ0n) is 22.2. The summed E-state index contributed by atoms with van der Waals surface area (Å²) in [6.45, 7) is 2.34. The van der Waals surface area contributed by atoms with Crippen LogP contribution in [0.15, 0.2) is 73.1 Å². The molecule has 1 atom stereocenters. The number of benzene rings is 1. The van der Waals surface area contributed by atoms with Gasteiger partial charge in [-0.1, -0.05) is 18.2 Å². The number of nitrogens with zero attached hydrogens (tertiary/aromatic N) is 5. The van der Waals surface area contributed by atoms with Crippen LogP contribution in [0.1, 0.15) is 43.1 Å². The van der Waals surface area contributed by atoms with Crippen LogP contribution in [-0.4, -0.2) is 61.5 Å². The number of aliphatic hydroxyl groups is 1. The van der Waals surface area contributed by atoms with Crippen LogP contribution >= 0.6 is 0 Å². The molecule has 2 aliphatic heterocycles. The summed E-state index contributed by atoms with van der Waals surface area (Å²) in [7, 11) is 0. The zero-order chi connectivity index (χ0) is 27.5. The zero-order valence-corrected chi connectivity index (χ0v) is 22.2. The maximum absolute atomic E-state index is 13.8. The molecular weight excluding hydrogens is 505 g/mol. The van der Waals surface area contributed by atoms with Crippen LogP contribution in [-0.2, 0) is 0 Å². The van der Waals surface area contributed by atoms with Crippen molar-refractivity contribution in [3.8, 4) is 22.6 Å². The normalized spacial score (nSPS) is 18.1. The molecule has 9 heteroatoms. The van der Waals surface area contributed by atoms with E-state index in [9.17, 15) is 9.50 Å². The third kappa shape index (κ3) is 5.65. The summed E-state index contributed by atoms with van der Waals surface area (Å²) >= 11 is 0. The van der Waals surface area contributed by atoms with Crippen molar-refractivity contribution in [3.05, 3.63) is 90.3 Å². The molecule has 2 fully saturated rings. The van der Waals surface area contributed by atoms with Crippen molar-refractivity contribution < 1.29 is 9.50 Å². The van der Waals surface area contributed by atoms with Gasteiger partial charge in [-0.3, -0.25) is 5.41 Å². The van der Waals surface area contributed by atoms with Crippen molar-refractivity contribution in [1.29, 1.82) is 5.41 Å². The number of amidine groups is 1. The van der Waals surface area contributed by atoms with Gasteiger partial charge in [0.2, 0.25) is 0 Å². The molecule has 2 saturated heterocycles. The van der Waals surface area contributed by atoms with Gasteiger partial charge in [-0.15, -0.1) is 0 Å². The quantitative estimate of drug-likeness (QED) is 0.223. The highest BCUT2D eigenvalue weighted by Crippen LogP contribution is 2.32. The number of aliphatic hydroxyl groups excluding tert-OH is 1. The smallest absolute Gasteiger partial charge is 0.130 e. The second-order valence-electron chi connectivity index (χ2n) is 10.3. The van der Waals surface area contributed by atoms with E-state index in [0.29, 0.717) is 11.7 Å². The third-order valence-electron chi connectivity index (χ3n) is 7.65. The minimum atomic E-state index is -0.251. The molecule has 1 aromatic carbocycles. The van der Waals surface area contributed by atoms with Gasteiger partial charge in [0.1, 0.15) is 23.3 Å². The Balaban J connectivity index is 1.15. The van der Waals surface area contributed by atoms with Crippen LogP contribution in [0.2, 0.25) is 0 Å². The minimum Gasteiger partial charge on any atom is -0.393 e. The van der Waals surface area contributed by atoms with E-state index in [-0.39, 0.29) is 18.0 Å². The lowest BCUT2D eigenvalue weighted by Gasteiger charge is -2.30. The van der Waals surface area contributed by atoms with Gasteiger partial charge in [-0.05, 0) is 79.8 Å². The third-order valence-corrected chi connectivity index (χ3v) is 7.65. The molecule has 40 heavy (non-hydrogen) atoms. The average Bonchev–Trinajstić information content (AvgIpc) is 3.67. The van der Waals surface area contributed by atoms with Gasteiger partial charge < -0.3 is 19.9 Å². The van der Waals surface area contributed by atoms with Crippen molar-refractivity contribution in [1.82, 2.24) is 24.8 Å². The highest BCUT2D eigenvalue weighted by Gasteiger charge is 2.27. The maximum atomic E-state index is 13.8. The molecule has 0 aliphatic carbocycles. The first-order valence-electron chi connectivity index (χ1n) is 13.7. The Kier molecular flexibility index (Phi) is 7.37. The van der Waals surface area contributed by atoms with E-state index in [1.54, 1.807) is 36.7 Å². The first-order chi connectivity index (χ1) is 19.5. The Morgan fingerprint density at radius 3 is 2.67 bits per heavy atom. The average molecular weight is 538 g/mol. The van der Waals surface area contributed by atoms with Gasteiger partial charge in [0, 0.05) is 31.4 Å². The van der Waals surface area contributed by atoms with E-state index < -0.39 is 0 Å². The second kappa shape index (κ2) is 11.4. The fourth-order valence-electron chi connectivity index (χ4n) is 5.51. The van der Waals surface area contributed by atoms with Crippen molar-refractivity contribution in [2.24, 2.45) is 0 Å². The van der Waals surface area contributed by atoms with Crippen molar-refractivity contribution >= 4 is 17.7 Å². The van der Waals surface area contributed by atoms with Gasteiger partial charge in [0.25, 0.3) is 0 Å². The number of nitrogens with one attached hydrogen (secondary N) is 2. The molecule has 8 nitrogen and oxygen atoms in total. The van der Waals surface area contributed by atoms with Gasteiger partial charge in [-0.25, -0.2) is 19.3 Å². The lowest BCUT2D eigenvalue weighted by molar-refractivity contribution is 0.145. The summed E-state index contributed by atoms with van der Waals surface area (Å²) in [5, 5.41) is 18.5. The monoisotopic (exact) mass is 537 g/mol. The fraction of sp³-hybridized carbons (Fsp3) is 0.290. The molecule has 0 radical (unpaired) electrons. The largest absolute Gasteiger partial charge is 0.393 e. The van der Waals surface area contributed by atoms with Crippen LogP contribution in [0.4, 0.5) is 10.2 Å². The predicted octanol–water partition coefficient (Wildman–Crippen LogP) is 5.46. The van der Waals surface area contributed by atoms with Crippen molar-refractivity contribution in [3.63, 3.8) is 0 Å². The first-order valence-corrected chi connectivity index (χ1v) is 13.7. The molecule has 2 aliphatic rings. The predicted molar refractivity (Wildman–Crippen MR) is 154 cm³/mol. The molecule has 3 N–H and O–H groups in total. The van der Waals surface area contributed by atoms with E-state index in [2.05, 4.69) is 19.9 Å². The van der Waals surface area contributed by atoms with E-state index in [4.69, 9.17) is 10.4 Å². The Labute approximate surface area is 232 Å². The fourth-order valence-corrected chi connectivity index (χ4v) is 5.51. The molecule has 6 rings (SSSR count). The van der Waals surface area contributed by atoms with Gasteiger partial charge in [-0.2, -0.15) is 0 Å². The molecule has 204 valence electrons. The van der Waals surface area contributed by atoms with Crippen LogP contribution in [0.25, 0.3) is 28.7 Å². The summed E-state index contributed by atoms with van der Waals surface area (Å²) in [5.41, 5.74) is 4.27. The summed E-state index contributed by atoms with van der Waals surface area (Å²) in [6, 6.07) is 16.6. The first kappa shape index (κ1) is 25.9. The van der Waals surface area contributed by atoms with E-state index >= 15 is 0 Å². The Hall–Kier alpha value is -4.37. The van der Waals surface area contributed by atoms with E-state index in [1.807, 2.05) is 41.3 Å². The summed E-state index contributed by atoms with van der Waals surface area (Å²) in [6.07, 6.45) is 10.2. The Morgan fingerprint density at radius 1 is 1.00 bits per heavy atom. The summed E-state index contributed by atoms with van der Waals surface area (Å²) < 4.78 is 13.8. The SMILES string of the molecule is N=C(C=Cc1ncc(-c2cccc(-c3ccnc(N4CCC(O)CC4)c3)n2)[nH]1)N1CCCC1c1cccc(F)c1.